The van der Waals surface area contributed by atoms with E-state index in [1.165, 1.54) is 17.8 Å². The summed E-state index contributed by atoms with van der Waals surface area (Å²) in [5.74, 6) is -0.259. The lowest BCUT2D eigenvalue weighted by Gasteiger charge is -2.36. The van der Waals surface area contributed by atoms with Crippen molar-refractivity contribution in [1.29, 1.82) is 0 Å². The van der Waals surface area contributed by atoms with Crippen LogP contribution in [0.25, 0.3) is 0 Å². The van der Waals surface area contributed by atoms with Gasteiger partial charge < -0.3 is 10.6 Å². The fourth-order valence-electron chi connectivity index (χ4n) is 2.93. The number of nitrogens with two attached hydrogens (primary N) is 1. The van der Waals surface area contributed by atoms with Crippen molar-refractivity contribution in [2.24, 2.45) is 10.8 Å². The summed E-state index contributed by atoms with van der Waals surface area (Å²) in [6.45, 7) is 4.21. The van der Waals surface area contributed by atoms with Crippen LogP contribution in [-0.2, 0) is 6.54 Å². The number of aromatic nitrogens is 1. The van der Waals surface area contributed by atoms with Gasteiger partial charge in [0.1, 0.15) is 5.82 Å². The molecule has 3 N–H and O–H groups in total. The van der Waals surface area contributed by atoms with E-state index in [2.05, 4.69) is 43.6 Å². The molecule has 2 aromatic rings. The molecule has 0 amide bonds. The summed E-state index contributed by atoms with van der Waals surface area (Å²) in [7, 11) is 0. The highest BCUT2D eigenvalue weighted by atomic mass is 32.1. The van der Waals surface area contributed by atoms with Gasteiger partial charge in [-0.1, -0.05) is 12.1 Å². The third kappa shape index (κ3) is 4.96. The molecule has 8 heteroatoms. The first-order chi connectivity index (χ1) is 12.6. The van der Waals surface area contributed by atoms with Crippen LogP contribution in [0.1, 0.15) is 11.1 Å². The Hall–Kier alpha value is -2.58. The maximum atomic E-state index is 14.5. The van der Waals surface area contributed by atoms with Gasteiger partial charge in [0.15, 0.2) is 5.11 Å². The van der Waals surface area contributed by atoms with Crippen LogP contribution in [-0.4, -0.2) is 47.4 Å². The molecule has 0 aliphatic carbocycles. The van der Waals surface area contributed by atoms with Gasteiger partial charge in [0.05, 0.1) is 11.9 Å². The monoisotopic (exact) mass is 372 g/mol. The Bertz CT molecular complexity index is 775. The second-order valence-electron chi connectivity index (χ2n) is 6.07. The summed E-state index contributed by atoms with van der Waals surface area (Å²) < 4.78 is 14.5. The van der Waals surface area contributed by atoms with Gasteiger partial charge in [0.2, 0.25) is 0 Å². The van der Waals surface area contributed by atoms with Crippen LogP contribution in [0.5, 0.6) is 0 Å². The normalized spacial score (nSPS) is 15.3. The minimum Gasteiger partial charge on any atom is -0.375 e. The number of anilines is 1. The van der Waals surface area contributed by atoms with Crippen molar-refractivity contribution in [3.05, 3.63) is 59.7 Å². The van der Waals surface area contributed by atoms with E-state index < -0.39 is 0 Å². The van der Waals surface area contributed by atoms with E-state index >= 15 is 0 Å². The standard InChI is InChI=1S/C18H21FN6S/c19-16-10-14(12-22-23-18(20)26)3-4-17(16)25-8-6-24(7-9-25)13-15-2-1-5-21-11-15/h1-5,10-12H,6-9,13H2,(H3,20,23,26). The van der Waals surface area contributed by atoms with Gasteiger partial charge in [-0.2, -0.15) is 5.10 Å². The Kier molecular flexibility index (Phi) is 6.08. The maximum Gasteiger partial charge on any atom is 0.184 e. The number of halogens is 1. The number of piperazine rings is 1. The van der Waals surface area contributed by atoms with E-state index in [0.717, 1.165) is 32.7 Å². The number of rotatable bonds is 5. The van der Waals surface area contributed by atoms with Gasteiger partial charge in [-0.05, 0) is 41.5 Å². The molecule has 2 heterocycles. The minimum atomic E-state index is -0.259. The first kappa shape index (κ1) is 18.2. The number of hydrogen-bond donors (Lipinski definition) is 2. The third-order valence-electron chi connectivity index (χ3n) is 4.20. The summed E-state index contributed by atoms with van der Waals surface area (Å²) in [6.07, 6.45) is 5.15. The summed E-state index contributed by atoms with van der Waals surface area (Å²) in [5.41, 5.74) is 10.2. The summed E-state index contributed by atoms with van der Waals surface area (Å²) in [4.78, 5) is 8.58. The molecule has 26 heavy (non-hydrogen) atoms. The Morgan fingerprint density at radius 2 is 2.12 bits per heavy atom. The molecule has 1 fully saturated rings. The molecule has 1 aliphatic rings. The van der Waals surface area contributed by atoms with Gasteiger partial charge in [0.25, 0.3) is 0 Å². The second kappa shape index (κ2) is 8.68. The zero-order valence-electron chi connectivity index (χ0n) is 14.3. The van der Waals surface area contributed by atoms with Crippen LogP contribution in [0.4, 0.5) is 10.1 Å². The van der Waals surface area contributed by atoms with Crippen LogP contribution in [0.3, 0.4) is 0 Å². The molecule has 0 unspecified atom stereocenters. The summed E-state index contributed by atoms with van der Waals surface area (Å²) in [5, 5.41) is 3.91. The van der Waals surface area contributed by atoms with Crippen LogP contribution in [0.15, 0.2) is 47.8 Å². The molecule has 0 spiro atoms. The number of nitrogens with zero attached hydrogens (tertiary/aromatic N) is 4. The van der Waals surface area contributed by atoms with Gasteiger partial charge in [-0.15, -0.1) is 0 Å². The molecule has 1 aromatic carbocycles. The van der Waals surface area contributed by atoms with Gasteiger partial charge in [0, 0.05) is 45.1 Å². The topological polar surface area (TPSA) is 69.8 Å². The Morgan fingerprint density at radius 3 is 2.77 bits per heavy atom. The number of nitrogens with one attached hydrogen (secondary N) is 1. The van der Waals surface area contributed by atoms with Crippen LogP contribution in [0, 0.1) is 5.82 Å². The predicted molar refractivity (Wildman–Crippen MR) is 106 cm³/mol. The van der Waals surface area contributed by atoms with Gasteiger partial charge in [-0.3, -0.25) is 15.3 Å². The Morgan fingerprint density at radius 1 is 1.31 bits per heavy atom. The minimum absolute atomic E-state index is 0.0718. The highest BCUT2D eigenvalue weighted by Gasteiger charge is 2.19. The van der Waals surface area contributed by atoms with Crippen molar-refractivity contribution in [2.45, 2.75) is 6.54 Å². The van der Waals surface area contributed by atoms with Crippen LogP contribution < -0.4 is 16.1 Å². The first-order valence-corrected chi connectivity index (χ1v) is 8.77. The number of pyridine rings is 1. The molecule has 3 rings (SSSR count). The van der Waals surface area contributed by atoms with Crippen LogP contribution in [0.2, 0.25) is 0 Å². The van der Waals surface area contributed by atoms with Crippen molar-refractivity contribution < 1.29 is 4.39 Å². The molecule has 0 radical (unpaired) electrons. The maximum absolute atomic E-state index is 14.5. The molecule has 1 aliphatic heterocycles. The quantitative estimate of drug-likeness (QED) is 0.473. The lowest BCUT2D eigenvalue weighted by molar-refractivity contribution is 0.249. The molecular formula is C18H21FN6S. The summed E-state index contributed by atoms with van der Waals surface area (Å²) >= 11 is 4.66. The molecule has 1 aromatic heterocycles. The molecular weight excluding hydrogens is 351 g/mol. The van der Waals surface area contributed by atoms with Crippen molar-refractivity contribution in [3.63, 3.8) is 0 Å². The molecule has 0 atom stereocenters. The molecule has 6 nitrogen and oxygen atoms in total. The van der Waals surface area contributed by atoms with E-state index in [4.69, 9.17) is 5.73 Å². The third-order valence-corrected chi connectivity index (χ3v) is 4.29. The molecule has 1 saturated heterocycles. The summed E-state index contributed by atoms with van der Waals surface area (Å²) in [6, 6.07) is 9.09. The van der Waals surface area contributed by atoms with E-state index in [-0.39, 0.29) is 10.9 Å². The smallest absolute Gasteiger partial charge is 0.184 e. The zero-order chi connectivity index (χ0) is 18.4. The van der Waals surface area contributed by atoms with Crippen molar-refractivity contribution in [1.82, 2.24) is 15.3 Å². The van der Waals surface area contributed by atoms with Crippen molar-refractivity contribution in [3.8, 4) is 0 Å². The second-order valence-corrected chi connectivity index (χ2v) is 6.51. The highest BCUT2D eigenvalue weighted by molar-refractivity contribution is 7.80. The van der Waals surface area contributed by atoms with E-state index in [1.807, 2.05) is 18.3 Å². The molecule has 0 bridgehead atoms. The SMILES string of the molecule is NC(=S)NN=Cc1ccc(N2CCN(Cc3cccnc3)CC2)c(F)c1. The molecule has 0 saturated carbocycles. The van der Waals surface area contributed by atoms with E-state index in [9.17, 15) is 4.39 Å². The number of thiocarbonyl (C=S) groups is 1. The highest BCUT2D eigenvalue weighted by Crippen LogP contribution is 2.22. The average molecular weight is 372 g/mol. The number of hydrazone groups is 1. The van der Waals surface area contributed by atoms with Crippen molar-refractivity contribution in [2.75, 3.05) is 31.1 Å². The fourth-order valence-corrected chi connectivity index (χ4v) is 2.98. The largest absolute Gasteiger partial charge is 0.375 e. The van der Waals surface area contributed by atoms with Crippen molar-refractivity contribution >= 4 is 29.2 Å². The lowest BCUT2D eigenvalue weighted by Crippen LogP contribution is -2.46. The molecule has 136 valence electrons. The van der Waals surface area contributed by atoms with Gasteiger partial charge in [-0.25, -0.2) is 4.39 Å². The van der Waals surface area contributed by atoms with E-state index in [0.29, 0.717) is 11.3 Å². The van der Waals surface area contributed by atoms with E-state index in [1.54, 1.807) is 12.3 Å². The Labute approximate surface area is 157 Å². The fraction of sp³-hybridized carbons (Fsp3) is 0.278. The lowest BCUT2D eigenvalue weighted by atomic mass is 10.1. The zero-order valence-corrected chi connectivity index (χ0v) is 15.1. The predicted octanol–water partition coefficient (Wildman–Crippen LogP) is 1.71. The van der Waals surface area contributed by atoms with Crippen LogP contribution >= 0.6 is 12.2 Å². The van der Waals surface area contributed by atoms with Gasteiger partial charge >= 0.3 is 0 Å². The first-order valence-electron chi connectivity index (χ1n) is 8.36. The number of benzene rings is 1. The Balaban J connectivity index is 1.57. The average Bonchev–Trinajstić information content (AvgIpc) is 2.63. The number of hydrogen-bond acceptors (Lipinski definition) is 5.